The summed E-state index contributed by atoms with van der Waals surface area (Å²) in [5.74, 6) is -0.732. The number of hydrogen-bond acceptors (Lipinski definition) is 3. The number of non-ortho nitro benzene ring substituents is 1. The third-order valence-electron chi connectivity index (χ3n) is 3.41. The summed E-state index contributed by atoms with van der Waals surface area (Å²) in [7, 11) is 0. The summed E-state index contributed by atoms with van der Waals surface area (Å²) in [6, 6.07) is 13.7. The van der Waals surface area contributed by atoms with Crippen LogP contribution in [0.3, 0.4) is 0 Å². The minimum absolute atomic E-state index is 0.0929. The van der Waals surface area contributed by atoms with Gasteiger partial charge in [0.15, 0.2) is 0 Å². The van der Waals surface area contributed by atoms with Gasteiger partial charge >= 0.3 is 134 Å². The van der Waals surface area contributed by atoms with Gasteiger partial charge in [-0.2, -0.15) is 0 Å². The average Bonchev–Trinajstić information content (AvgIpc) is 2.52. The fourth-order valence-corrected chi connectivity index (χ4v) is 5.00. The van der Waals surface area contributed by atoms with Crippen molar-refractivity contribution in [3.05, 3.63) is 69.8 Å². The zero-order valence-electron chi connectivity index (χ0n) is 12.0. The van der Waals surface area contributed by atoms with Crippen LogP contribution in [-0.4, -0.2) is 31.8 Å². The van der Waals surface area contributed by atoms with Crippen molar-refractivity contribution in [3.8, 4) is 0 Å². The van der Waals surface area contributed by atoms with E-state index >= 15 is 0 Å². The Kier molecular flexibility index (Phi) is 5.34. The maximum absolute atomic E-state index is 11.2. The summed E-state index contributed by atoms with van der Waals surface area (Å²) in [5, 5.41) is 20.9. The van der Waals surface area contributed by atoms with Gasteiger partial charge in [0.1, 0.15) is 0 Å². The standard InChI is InChI=1S/C16H16AsNO4/c1-11(12-5-4-6-13(9-12)18(21)22)10-17-15-8-3-2-7-14(15)16(19)20/h2-9,11,17H,10H2,1H3,(H,19,20). The zero-order chi connectivity index (χ0) is 16.1. The molecule has 0 aromatic heterocycles. The van der Waals surface area contributed by atoms with Crippen LogP contribution in [0.1, 0.15) is 28.8 Å². The molecule has 0 aliphatic rings. The molecule has 0 radical (unpaired) electrons. The van der Waals surface area contributed by atoms with Gasteiger partial charge in [-0.15, -0.1) is 0 Å². The molecule has 0 fully saturated rings. The first-order valence-corrected chi connectivity index (χ1v) is 9.33. The van der Waals surface area contributed by atoms with E-state index in [0.29, 0.717) is 5.56 Å². The molecule has 0 amide bonds. The summed E-state index contributed by atoms with van der Waals surface area (Å²) < 4.78 is 0.910. The van der Waals surface area contributed by atoms with E-state index < -0.39 is 26.6 Å². The molecule has 0 saturated carbocycles. The second-order valence-electron chi connectivity index (χ2n) is 4.98. The molecule has 0 heterocycles. The Balaban J connectivity index is 2.10. The summed E-state index contributed by atoms with van der Waals surface area (Å²) in [6.07, 6.45) is 0. The van der Waals surface area contributed by atoms with Crippen LogP contribution in [0.25, 0.3) is 0 Å². The Morgan fingerprint density at radius 2 is 2.00 bits per heavy atom. The summed E-state index contributed by atoms with van der Waals surface area (Å²) in [6.45, 7) is 2.02. The molecule has 114 valence electrons. The van der Waals surface area contributed by atoms with Gasteiger partial charge in [-0.05, 0) is 0 Å². The molecular weight excluding hydrogens is 345 g/mol. The third-order valence-corrected chi connectivity index (χ3v) is 6.83. The molecule has 2 atom stereocenters. The third kappa shape index (κ3) is 3.95. The fraction of sp³-hybridized carbons (Fsp3) is 0.188. The molecule has 6 heteroatoms. The van der Waals surface area contributed by atoms with Crippen LogP contribution in [0.4, 0.5) is 5.69 Å². The van der Waals surface area contributed by atoms with Gasteiger partial charge in [0.2, 0.25) is 0 Å². The average molecular weight is 361 g/mol. The molecule has 0 saturated heterocycles. The Morgan fingerprint density at radius 3 is 2.68 bits per heavy atom. The van der Waals surface area contributed by atoms with E-state index in [1.165, 1.54) is 6.07 Å². The first-order valence-electron chi connectivity index (χ1n) is 6.79. The molecule has 5 nitrogen and oxygen atoms in total. The van der Waals surface area contributed by atoms with Crippen LogP contribution >= 0.6 is 0 Å². The number of hydrogen-bond donors (Lipinski definition) is 1. The fourth-order valence-electron chi connectivity index (χ4n) is 2.15. The number of nitrogens with zero attached hydrogens (tertiary/aromatic N) is 1. The van der Waals surface area contributed by atoms with Crippen LogP contribution in [-0.2, 0) is 0 Å². The van der Waals surface area contributed by atoms with E-state index in [1.807, 2.05) is 25.1 Å². The van der Waals surface area contributed by atoms with Crippen LogP contribution in [0.15, 0.2) is 48.5 Å². The molecule has 0 aliphatic heterocycles. The van der Waals surface area contributed by atoms with Crippen molar-refractivity contribution in [1.29, 1.82) is 0 Å². The van der Waals surface area contributed by atoms with Crippen LogP contribution in [0, 0.1) is 10.1 Å². The van der Waals surface area contributed by atoms with Crippen molar-refractivity contribution < 1.29 is 14.8 Å². The first-order chi connectivity index (χ1) is 10.5. The quantitative estimate of drug-likeness (QED) is 0.487. The van der Waals surface area contributed by atoms with Crippen molar-refractivity contribution >= 4 is 31.8 Å². The molecule has 2 unspecified atom stereocenters. The van der Waals surface area contributed by atoms with E-state index in [-0.39, 0.29) is 11.6 Å². The molecule has 0 spiro atoms. The number of nitro groups is 1. The minimum atomic E-state index is -0.901. The van der Waals surface area contributed by atoms with Gasteiger partial charge in [-0.25, -0.2) is 0 Å². The zero-order valence-corrected chi connectivity index (χ0v) is 14.1. The SMILES string of the molecule is CC(C[AsH]c1ccccc1C(=O)O)c1cccc([N+](=O)[O-])c1. The number of carboxylic acids is 1. The van der Waals surface area contributed by atoms with Crippen molar-refractivity contribution in [1.82, 2.24) is 0 Å². The van der Waals surface area contributed by atoms with Crippen molar-refractivity contribution in [3.63, 3.8) is 0 Å². The van der Waals surface area contributed by atoms with Gasteiger partial charge < -0.3 is 0 Å². The van der Waals surface area contributed by atoms with E-state index in [4.69, 9.17) is 0 Å². The summed E-state index contributed by atoms with van der Waals surface area (Å²) >= 11 is -0.619. The maximum atomic E-state index is 11.2. The molecule has 0 bridgehead atoms. The normalized spacial score (nSPS) is 12.4. The Hall–Kier alpha value is -2.13. The van der Waals surface area contributed by atoms with E-state index in [9.17, 15) is 20.0 Å². The number of benzene rings is 2. The second kappa shape index (κ2) is 7.23. The van der Waals surface area contributed by atoms with Gasteiger partial charge in [-0.1, -0.05) is 0 Å². The number of carboxylic acid groups (broad SMARTS) is 1. The number of nitro benzene ring substituents is 1. The van der Waals surface area contributed by atoms with E-state index in [2.05, 4.69) is 0 Å². The predicted molar refractivity (Wildman–Crippen MR) is 86.5 cm³/mol. The van der Waals surface area contributed by atoms with Gasteiger partial charge in [0, 0.05) is 0 Å². The monoisotopic (exact) mass is 361 g/mol. The van der Waals surface area contributed by atoms with Gasteiger partial charge in [-0.3, -0.25) is 0 Å². The molecular formula is C16H16AsNO4. The molecule has 2 rings (SSSR count). The summed E-state index contributed by atoms with van der Waals surface area (Å²) in [5.41, 5.74) is 1.38. The van der Waals surface area contributed by atoms with Crippen molar-refractivity contribution in [2.75, 3.05) is 0 Å². The Morgan fingerprint density at radius 1 is 1.27 bits per heavy atom. The van der Waals surface area contributed by atoms with Crippen molar-refractivity contribution in [2.45, 2.75) is 18.1 Å². The van der Waals surface area contributed by atoms with E-state index in [1.54, 1.807) is 24.3 Å². The number of carbonyl (C=O) groups is 1. The van der Waals surface area contributed by atoms with Gasteiger partial charge in [0.05, 0.1) is 0 Å². The van der Waals surface area contributed by atoms with Crippen LogP contribution < -0.4 is 4.35 Å². The molecule has 2 aromatic carbocycles. The first kappa shape index (κ1) is 16.2. The Bertz CT molecular complexity index is 702. The molecule has 2 aromatic rings. The van der Waals surface area contributed by atoms with Crippen LogP contribution in [0.2, 0.25) is 5.21 Å². The predicted octanol–water partition coefficient (Wildman–Crippen LogP) is 2.58. The molecule has 22 heavy (non-hydrogen) atoms. The van der Waals surface area contributed by atoms with E-state index in [0.717, 1.165) is 15.1 Å². The topological polar surface area (TPSA) is 80.4 Å². The second-order valence-corrected chi connectivity index (χ2v) is 7.71. The number of aromatic carboxylic acids is 1. The number of rotatable bonds is 6. The van der Waals surface area contributed by atoms with Crippen LogP contribution in [0.5, 0.6) is 0 Å². The Labute approximate surface area is 134 Å². The summed E-state index contributed by atoms with van der Waals surface area (Å²) in [4.78, 5) is 21.6. The molecule has 0 aliphatic carbocycles. The van der Waals surface area contributed by atoms with Crippen molar-refractivity contribution in [2.24, 2.45) is 0 Å². The molecule has 1 N–H and O–H groups in total. The van der Waals surface area contributed by atoms with Gasteiger partial charge in [0.25, 0.3) is 0 Å².